The molecule has 0 amide bonds. The zero-order chi connectivity index (χ0) is 8.72. The molecule has 1 aliphatic carbocycles. The van der Waals surface area contributed by atoms with Crippen LogP contribution in [0, 0.1) is 0 Å². The number of hydrogen-bond donors (Lipinski definition) is 0. The molecule has 2 rings (SSSR count). The van der Waals surface area contributed by atoms with E-state index in [-0.39, 0.29) is 5.38 Å². The van der Waals surface area contributed by atoms with E-state index < -0.39 is 0 Å². The summed E-state index contributed by atoms with van der Waals surface area (Å²) < 4.78 is 0. The molecule has 12 heavy (non-hydrogen) atoms. The van der Waals surface area contributed by atoms with Gasteiger partial charge in [0.05, 0.1) is 5.38 Å². The SMILES string of the molecule is Clc1cc(Cl)c2c(c1)CCC2Cl. The van der Waals surface area contributed by atoms with Crippen LogP contribution < -0.4 is 0 Å². The number of fused-ring (bicyclic) bond motifs is 1. The van der Waals surface area contributed by atoms with Gasteiger partial charge in [0.15, 0.2) is 0 Å². The van der Waals surface area contributed by atoms with E-state index in [2.05, 4.69) is 0 Å². The molecule has 0 saturated heterocycles. The van der Waals surface area contributed by atoms with Gasteiger partial charge in [-0.3, -0.25) is 0 Å². The predicted octanol–water partition coefficient (Wildman–Crippen LogP) is 4.22. The molecule has 0 radical (unpaired) electrons. The topological polar surface area (TPSA) is 0 Å². The van der Waals surface area contributed by atoms with Crippen molar-refractivity contribution in [3.05, 3.63) is 33.3 Å². The molecule has 64 valence electrons. The molecular weight excluding hydrogens is 214 g/mol. The maximum Gasteiger partial charge on any atom is 0.0605 e. The fraction of sp³-hybridized carbons (Fsp3) is 0.333. The number of benzene rings is 1. The van der Waals surface area contributed by atoms with Gasteiger partial charge < -0.3 is 0 Å². The Hall–Kier alpha value is 0.0900. The summed E-state index contributed by atoms with van der Waals surface area (Å²) in [5.74, 6) is 0. The number of aryl methyl sites for hydroxylation is 1. The lowest BCUT2D eigenvalue weighted by atomic mass is 10.1. The van der Waals surface area contributed by atoms with E-state index in [9.17, 15) is 0 Å². The standard InChI is InChI=1S/C9H7Cl3/c10-6-3-5-1-2-7(11)9(5)8(12)4-6/h3-4,7H,1-2H2. The Bertz CT molecular complexity index is 320. The van der Waals surface area contributed by atoms with E-state index in [1.54, 1.807) is 6.07 Å². The molecule has 1 aromatic rings. The predicted molar refractivity (Wildman–Crippen MR) is 53.4 cm³/mol. The van der Waals surface area contributed by atoms with Crippen molar-refractivity contribution in [2.24, 2.45) is 0 Å². The molecule has 0 N–H and O–H groups in total. The third kappa shape index (κ3) is 1.32. The molecule has 0 nitrogen and oxygen atoms in total. The second-order valence-corrected chi connectivity index (χ2v) is 4.34. The van der Waals surface area contributed by atoms with E-state index in [1.807, 2.05) is 6.07 Å². The van der Waals surface area contributed by atoms with Crippen LogP contribution in [0.4, 0.5) is 0 Å². The Labute approximate surface area is 86.4 Å². The first-order valence-corrected chi connectivity index (χ1v) is 4.99. The first-order chi connectivity index (χ1) is 5.68. The van der Waals surface area contributed by atoms with Gasteiger partial charge in [0.25, 0.3) is 0 Å². The highest BCUT2D eigenvalue weighted by atomic mass is 35.5. The Morgan fingerprint density at radius 3 is 2.75 bits per heavy atom. The van der Waals surface area contributed by atoms with E-state index in [0.717, 1.165) is 18.4 Å². The van der Waals surface area contributed by atoms with Gasteiger partial charge in [0.2, 0.25) is 0 Å². The second kappa shape index (κ2) is 3.10. The van der Waals surface area contributed by atoms with Crippen molar-refractivity contribution in [2.45, 2.75) is 18.2 Å². The van der Waals surface area contributed by atoms with E-state index in [4.69, 9.17) is 34.8 Å². The number of rotatable bonds is 0. The van der Waals surface area contributed by atoms with Gasteiger partial charge in [-0.25, -0.2) is 0 Å². The number of halogens is 3. The van der Waals surface area contributed by atoms with Gasteiger partial charge >= 0.3 is 0 Å². The van der Waals surface area contributed by atoms with Crippen LogP contribution in [0.25, 0.3) is 0 Å². The molecule has 0 saturated carbocycles. The molecule has 0 bridgehead atoms. The molecule has 1 aromatic carbocycles. The van der Waals surface area contributed by atoms with Crippen LogP contribution in [-0.4, -0.2) is 0 Å². The summed E-state index contributed by atoms with van der Waals surface area (Å²) in [6, 6.07) is 3.70. The van der Waals surface area contributed by atoms with Gasteiger partial charge in [-0.05, 0) is 36.1 Å². The lowest BCUT2D eigenvalue weighted by Gasteiger charge is -2.05. The smallest absolute Gasteiger partial charge is 0.0605 e. The average molecular weight is 222 g/mol. The van der Waals surface area contributed by atoms with Crippen molar-refractivity contribution in [3.8, 4) is 0 Å². The first-order valence-electron chi connectivity index (χ1n) is 3.80. The van der Waals surface area contributed by atoms with Gasteiger partial charge in [-0.1, -0.05) is 23.2 Å². The van der Waals surface area contributed by atoms with Crippen molar-refractivity contribution >= 4 is 34.8 Å². The summed E-state index contributed by atoms with van der Waals surface area (Å²) in [6.07, 6.45) is 1.96. The highest BCUT2D eigenvalue weighted by Gasteiger charge is 2.23. The van der Waals surface area contributed by atoms with Crippen molar-refractivity contribution in [1.29, 1.82) is 0 Å². The normalized spacial score (nSPS) is 21.1. The fourth-order valence-corrected chi connectivity index (χ4v) is 2.71. The summed E-state index contributed by atoms with van der Waals surface area (Å²) in [7, 11) is 0. The maximum atomic E-state index is 6.07. The Balaban J connectivity index is 2.60. The van der Waals surface area contributed by atoms with E-state index in [0.29, 0.717) is 10.0 Å². The summed E-state index contributed by atoms with van der Waals surface area (Å²) in [5.41, 5.74) is 2.27. The van der Waals surface area contributed by atoms with Crippen LogP contribution in [0.1, 0.15) is 22.9 Å². The molecule has 1 unspecified atom stereocenters. The molecule has 0 aliphatic heterocycles. The van der Waals surface area contributed by atoms with Crippen molar-refractivity contribution in [2.75, 3.05) is 0 Å². The quantitative estimate of drug-likeness (QED) is 0.576. The Morgan fingerprint density at radius 1 is 1.25 bits per heavy atom. The molecule has 0 spiro atoms. The molecule has 1 aliphatic rings. The highest BCUT2D eigenvalue weighted by Crippen LogP contribution is 2.41. The van der Waals surface area contributed by atoms with Gasteiger partial charge in [0.1, 0.15) is 0 Å². The molecule has 0 fully saturated rings. The van der Waals surface area contributed by atoms with Crippen LogP contribution in [0.2, 0.25) is 10.0 Å². The first kappa shape index (κ1) is 8.68. The largest absolute Gasteiger partial charge is 0.118 e. The molecular formula is C9H7Cl3. The fourth-order valence-electron chi connectivity index (χ4n) is 1.62. The highest BCUT2D eigenvalue weighted by molar-refractivity contribution is 6.36. The van der Waals surface area contributed by atoms with Gasteiger partial charge in [-0.15, -0.1) is 11.6 Å². The van der Waals surface area contributed by atoms with Crippen molar-refractivity contribution in [1.82, 2.24) is 0 Å². The number of hydrogen-bond acceptors (Lipinski definition) is 0. The van der Waals surface area contributed by atoms with Crippen molar-refractivity contribution < 1.29 is 0 Å². The zero-order valence-corrected chi connectivity index (χ0v) is 8.55. The Morgan fingerprint density at radius 2 is 2.00 bits per heavy atom. The van der Waals surface area contributed by atoms with Crippen LogP contribution >= 0.6 is 34.8 Å². The second-order valence-electron chi connectivity index (χ2n) is 2.97. The molecule has 0 aromatic heterocycles. The average Bonchev–Trinajstić information content (AvgIpc) is 2.31. The Kier molecular flexibility index (Phi) is 2.24. The van der Waals surface area contributed by atoms with Crippen molar-refractivity contribution in [3.63, 3.8) is 0 Å². The summed E-state index contributed by atoms with van der Waals surface area (Å²) in [5, 5.41) is 1.48. The van der Waals surface area contributed by atoms with Crippen LogP contribution in [0.15, 0.2) is 12.1 Å². The molecule has 3 heteroatoms. The van der Waals surface area contributed by atoms with Crippen LogP contribution in [0.3, 0.4) is 0 Å². The summed E-state index contributed by atoms with van der Waals surface area (Å²) in [4.78, 5) is 0. The summed E-state index contributed by atoms with van der Waals surface area (Å²) in [6.45, 7) is 0. The van der Waals surface area contributed by atoms with E-state index >= 15 is 0 Å². The third-order valence-corrected chi connectivity index (χ3v) is 3.13. The lowest BCUT2D eigenvalue weighted by Crippen LogP contribution is -1.85. The minimum atomic E-state index is 0.0739. The maximum absolute atomic E-state index is 6.07. The van der Waals surface area contributed by atoms with Crippen LogP contribution in [-0.2, 0) is 6.42 Å². The lowest BCUT2D eigenvalue weighted by molar-refractivity contribution is 0.882. The zero-order valence-electron chi connectivity index (χ0n) is 6.28. The van der Waals surface area contributed by atoms with Gasteiger partial charge in [0, 0.05) is 10.0 Å². The van der Waals surface area contributed by atoms with Gasteiger partial charge in [-0.2, -0.15) is 0 Å². The van der Waals surface area contributed by atoms with E-state index in [1.165, 1.54) is 5.56 Å². The number of alkyl halides is 1. The minimum Gasteiger partial charge on any atom is -0.118 e. The van der Waals surface area contributed by atoms with Crippen LogP contribution in [0.5, 0.6) is 0 Å². The molecule has 0 heterocycles. The summed E-state index contributed by atoms with van der Waals surface area (Å²) >= 11 is 17.9. The monoisotopic (exact) mass is 220 g/mol. The molecule has 1 atom stereocenters. The minimum absolute atomic E-state index is 0.0739. The third-order valence-electron chi connectivity index (χ3n) is 2.16.